The lowest BCUT2D eigenvalue weighted by atomic mass is 10.1. The fraction of sp³-hybridized carbons (Fsp3) is 0.167. The minimum absolute atomic E-state index is 0.0376. The predicted molar refractivity (Wildman–Crippen MR) is 106 cm³/mol. The fourth-order valence-electron chi connectivity index (χ4n) is 2.38. The van der Waals surface area contributed by atoms with Crippen molar-refractivity contribution in [2.24, 2.45) is 10.9 Å². The molecule has 0 bridgehead atoms. The summed E-state index contributed by atoms with van der Waals surface area (Å²) in [5.41, 5.74) is 1.21. The Balaban J connectivity index is 1.94. The lowest BCUT2D eigenvalue weighted by molar-refractivity contribution is -0.131. The van der Waals surface area contributed by atoms with Gasteiger partial charge in [0.15, 0.2) is 11.0 Å². The summed E-state index contributed by atoms with van der Waals surface area (Å²) in [6.45, 7) is 1.94. The molecule has 0 spiro atoms. The van der Waals surface area contributed by atoms with E-state index in [9.17, 15) is 14.4 Å². The summed E-state index contributed by atoms with van der Waals surface area (Å²) in [4.78, 5) is 41.2. The summed E-state index contributed by atoms with van der Waals surface area (Å²) in [6, 6.07) is 11.2. The molecule has 7 nitrogen and oxygen atoms in total. The van der Waals surface area contributed by atoms with Crippen LogP contribution in [0.5, 0.6) is 0 Å². The maximum atomic E-state index is 12.3. The number of amides is 2. The number of hydrogen-bond donors (Lipinski definition) is 2. The van der Waals surface area contributed by atoms with E-state index in [1.807, 2.05) is 30.3 Å². The number of benzene rings is 1. The minimum Gasteiger partial charge on any atom is -0.462 e. The standard InChI is InChI=1S/C18H15N3O4S2/c1-2-25-17(24)11-8-13(10-6-4-3-5-7-10)27-16(11)19-9-12-14(22)20-18(26)21-15(12)23/h3-9,12H,2H2,1H3,(H2,20,21,22,23,26). The zero-order valence-corrected chi connectivity index (χ0v) is 15.9. The van der Waals surface area contributed by atoms with Gasteiger partial charge >= 0.3 is 5.97 Å². The summed E-state index contributed by atoms with van der Waals surface area (Å²) in [5.74, 6) is -2.77. The Kier molecular flexibility index (Phi) is 5.72. The molecular formula is C18H15N3O4S2. The van der Waals surface area contributed by atoms with E-state index in [4.69, 9.17) is 17.0 Å². The van der Waals surface area contributed by atoms with Crippen LogP contribution in [0.25, 0.3) is 10.4 Å². The molecule has 0 atom stereocenters. The van der Waals surface area contributed by atoms with Crippen LogP contribution in [-0.4, -0.2) is 35.7 Å². The van der Waals surface area contributed by atoms with Gasteiger partial charge < -0.3 is 15.4 Å². The van der Waals surface area contributed by atoms with E-state index >= 15 is 0 Å². The topological polar surface area (TPSA) is 96.9 Å². The molecule has 0 saturated carbocycles. The molecule has 1 aromatic heterocycles. The van der Waals surface area contributed by atoms with Gasteiger partial charge in [-0.1, -0.05) is 30.3 Å². The summed E-state index contributed by atoms with van der Waals surface area (Å²) >= 11 is 6.03. The predicted octanol–water partition coefficient (Wildman–Crippen LogP) is 2.44. The van der Waals surface area contributed by atoms with Crippen LogP contribution >= 0.6 is 23.6 Å². The van der Waals surface area contributed by atoms with Crippen molar-refractivity contribution in [1.82, 2.24) is 10.6 Å². The van der Waals surface area contributed by atoms with Crippen LogP contribution in [0, 0.1) is 5.92 Å². The zero-order valence-electron chi connectivity index (χ0n) is 14.2. The van der Waals surface area contributed by atoms with Gasteiger partial charge in [-0.2, -0.15) is 0 Å². The molecule has 138 valence electrons. The first-order valence-electron chi connectivity index (χ1n) is 8.06. The van der Waals surface area contributed by atoms with Crippen LogP contribution < -0.4 is 10.6 Å². The molecule has 2 amide bonds. The number of nitrogens with one attached hydrogen (secondary N) is 2. The number of thiocarbonyl (C=S) groups is 1. The Morgan fingerprint density at radius 2 is 1.93 bits per heavy atom. The number of rotatable bonds is 5. The summed E-state index contributed by atoms with van der Waals surface area (Å²) in [5, 5.41) is 5.06. The second kappa shape index (κ2) is 8.19. The number of hydrogen-bond acceptors (Lipinski definition) is 7. The molecule has 1 aromatic carbocycles. The van der Waals surface area contributed by atoms with Gasteiger partial charge in [-0.25, -0.2) is 9.79 Å². The van der Waals surface area contributed by atoms with E-state index in [2.05, 4.69) is 15.6 Å². The van der Waals surface area contributed by atoms with Gasteiger partial charge in [-0.15, -0.1) is 11.3 Å². The van der Waals surface area contributed by atoms with Crippen molar-refractivity contribution in [2.45, 2.75) is 6.92 Å². The van der Waals surface area contributed by atoms with Crippen molar-refractivity contribution in [3.8, 4) is 10.4 Å². The Morgan fingerprint density at radius 3 is 2.56 bits per heavy atom. The molecule has 2 heterocycles. The zero-order chi connectivity index (χ0) is 19.4. The first-order valence-corrected chi connectivity index (χ1v) is 9.28. The van der Waals surface area contributed by atoms with Crippen LogP contribution in [0.1, 0.15) is 17.3 Å². The highest BCUT2D eigenvalue weighted by Gasteiger charge is 2.31. The Labute approximate surface area is 164 Å². The van der Waals surface area contributed by atoms with E-state index < -0.39 is 23.7 Å². The van der Waals surface area contributed by atoms with Gasteiger partial charge in [-0.05, 0) is 30.8 Å². The number of carbonyl (C=O) groups is 3. The Hall–Kier alpha value is -2.91. The smallest absolute Gasteiger partial charge is 0.341 e. The number of carbonyl (C=O) groups excluding carboxylic acids is 3. The van der Waals surface area contributed by atoms with Gasteiger partial charge in [0.25, 0.3) is 0 Å². The molecule has 1 saturated heterocycles. The van der Waals surface area contributed by atoms with Crippen molar-refractivity contribution in [3.05, 3.63) is 42.0 Å². The lowest BCUT2D eigenvalue weighted by Gasteiger charge is -2.19. The normalized spacial score (nSPS) is 14.9. The molecule has 1 fully saturated rings. The van der Waals surface area contributed by atoms with Crippen molar-refractivity contribution < 1.29 is 19.1 Å². The van der Waals surface area contributed by atoms with E-state index in [1.54, 1.807) is 13.0 Å². The van der Waals surface area contributed by atoms with Gasteiger partial charge in [-0.3, -0.25) is 9.59 Å². The molecule has 0 unspecified atom stereocenters. The van der Waals surface area contributed by atoms with Crippen molar-refractivity contribution in [1.29, 1.82) is 0 Å². The third-order valence-electron chi connectivity index (χ3n) is 3.65. The van der Waals surface area contributed by atoms with Gasteiger partial charge in [0.1, 0.15) is 5.00 Å². The van der Waals surface area contributed by atoms with Crippen LogP contribution in [0.15, 0.2) is 41.4 Å². The summed E-state index contributed by atoms with van der Waals surface area (Å²) in [7, 11) is 0. The SMILES string of the molecule is CCOC(=O)c1cc(-c2ccccc2)sc1N=CC1C(=O)NC(=S)NC1=O. The Morgan fingerprint density at radius 1 is 1.26 bits per heavy atom. The number of esters is 1. The second-order valence-corrected chi connectivity index (χ2v) is 6.92. The average molecular weight is 401 g/mol. The third kappa shape index (κ3) is 4.26. The van der Waals surface area contributed by atoms with Crippen LogP contribution in [0.4, 0.5) is 5.00 Å². The van der Waals surface area contributed by atoms with Crippen molar-refractivity contribution in [3.63, 3.8) is 0 Å². The number of aliphatic imine (C=N–C) groups is 1. The highest BCUT2D eigenvalue weighted by molar-refractivity contribution is 7.80. The molecule has 2 N–H and O–H groups in total. The van der Waals surface area contributed by atoms with E-state index in [-0.39, 0.29) is 17.3 Å². The molecule has 2 aromatic rings. The quantitative estimate of drug-likeness (QED) is 0.347. The van der Waals surface area contributed by atoms with Gasteiger partial charge in [0.05, 0.1) is 12.2 Å². The largest absolute Gasteiger partial charge is 0.462 e. The number of nitrogens with zero attached hydrogens (tertiary/aromatic N) is 1. The molecule has 3 rings (SSSR count). The second-order valence-electron chi connectivity index (χ2n) is 5.48. The average Bonchev–Trinajstić information content (AvgIpc) is 3.06. The maximum Gasteiger partial charge on any atom is 0.341 e. The van der Waals surface area contributed by atoms with Crippen molar-refractivity contribution >= 4 is 57.7 Å². The first kappa shape index (κ1) is 18.9. The number of ether oxygens (including phenoxy) is 1. The molecular weight excluding hydrogens is 386 g/mol. The third-order valence-corrected chi connectivity index (χ3v) is 4.94. The molecule has 27 heavy (non-hydrogen) atoms. The Bertz CT molecular complexity index is 917. The molecule has 9 heteroatoms. The van der Waals surface area contributed by atoms with Crippen LogP contribution in [0.2, 0.25) is 0 Å². The van der Waals surface area contributed by atoms with Gasteiger partial charge in [0, 0.05) is 11.1 Å². The number of thiophene rings is 1. The van der Waals surface area contributed by atoms with Crippen molar-refractivity contribution in [2.75, 3.05) is 6.61 Å². The van der Waals surface area contributed by atoms with E-state index in [0.717, 1.165) is 10.4 Å². The van der Waals surface area contributed by atoms with Gasteiger partial charge in [0.2, 0.25) is 11.8 Å². The molecule has 0 radical (unpaired) electrons. The summed E-state index contributed by atoms with van der Waals surface area (Å²) < 4.78 is 5.08. The minimum atomic E-state index is -1.13. The summed E-state index contributed by atoms with van der Waals surface area (Å²) in [6.07, 6.45) is 1.20. The molecule has 0 aliphatic carbocycles. The first-order chi connectivity index (χ1) is 13.0. The highest BCUT2D eigenvalue weighted by Crippen LogP contribution is 2.37. The lowest BCUT2D eigenvalue weighted by Crippen LogP contribution is -2.56. The van der Waals surface area contributed by atoms with E-state index in [1.165, 1.54) is 17.6 Å². The van der Waals surface area contributed by atoms with Crippen LogP contribution in [-0.2, 0) is 14.3 Å². The monoisotopic (exact) mass is 401 g/mol. The molecule has 1 aliphatic rings. The van der Waals surface area contributed by atoms with E-state index in [0.29, 0.717) is 5.00 Å². The fourth-order valence-corrected chi connectivity index (χ4v) is 3.59. The van der Waals surface area contributed by atoms with Crippen LogP contribution in [0.3, 0.4) is 0 Å². The highest BCUT2D eigenvalue weighted by atomic mass is 32.1. The molecule has 1 aliphatic heterocycles. The maximum absolute atomic E-state index is 12.3.